The van der Waals surface area contributed by atoms with Crippen LogP contribution in [0.2, 0.25) is 0 Å². The maximum absolute atomic E-state index is 12.8. The minimum Gasteiger partial charge on any atom is -0.430 e. The highest BCUT2D eigenvalue weighted by Gasteiger charge is 2.50. The Morgan fingerprint density at radius 1 is 1.12 bits per heavy atom. The van der Waals surface area contributed by atoms with Crippen molar-refractivity contribution in [2.45, 2.75) is 96.5 Å². The topological polar surface area (TPSA) is 163 Å². The van der Waals surface area contributed by atoms with Crippen LogP contribution in [0.1, 0.15) is 59.8 Å². The fraction of sp³-hybridized carbons (Fsp3) is 0.864. The first-order valence-electron chi connectivity index (χ1n) is 11.6. The lowest BCUT2D eigenvalue weighted by Crippen LogP contribution is -2.66. The van der Waals surface area contributed by atoms with Gasteiger partial charge in [0, 0.05) is 6.42 Å². The lowest BCUT2D eigenvalue weighted by Gasteiger charge is -2.43. The molecule has 1 saturated heterocycles. The molecule has 0 spiro atoms. The Bertz CT molecular complexity index is 686. The van der Waals surface area contributed by atoms with E-state index >= 15 is 0 Å². The molecule has 2 aliphatic rings. The molecule has 8 atom stereocenters. The number of aliphatic hydroxyl groups excluding tert-OH is 4. The van der Waals surface area contributed by atoms with Gasteiger partial charge in [0.1, 0.15) is 30.5 Å². The number of imide groups is 1. The summed E-state index contributed by atoms with van der Waals surface area (Å²) < 4.78 is 15.3. The van der Waals surface area contributed by atoms with E-state index in [1.54, 1.807) is 6.92 Å². The minimum atomic E-state index is -1.92. The predicted octanol–water partition coefficient (Wildman–Crippen LogP) is 1.15. The summed E-state index contributed by atoms with van der Waals surface area (Å²) in [6, 6.07) is -1.75. The van der Waals surface area contributed by atoms with Gasteiger partial charge in [0.25, 0.3) is 0 Å². The quantitative estimate of drug-likeness (QED) is 0.324. The third kappa shape index (κ3) is 6.63. The molecule has 2 fully saturated rings. The summed E-state index contributed by atoms with van der Waals surface area (Å²) in [5.41, 5.74) is 0. The average Bonchev–Trinajstić information content (AvgIpc) is 2.73. The molecular formula is C22H37NO10. The molecule has 2 amide bonds. The molecule has 11 nitrogen and oxygen atoms in total. The first kappa shape index (κ1) is 27.5. The van der Waals surface area contributed by atoms with Gasteiger partial charge in [0.05, 0.1) is 6.61 Å². The van der Waals surface area contributed by atoms with Gasteiger partial charge < -0.3 is 34.6 Å². The number of nitrogens with zero attached hydrogens (tertiary/aromatic N) is 1. The average molecular weight is 476 g/mol. The van der Waals surface area contributed by atoms with Gasteiger partial charge in [-0.05, 0) is 37.0 Å². The van der Waals surface area contributed by atoms with Crippen LogP contribution in [0.4, 0.5) is 9.59 Å². The van der Waals surface area contributed by atoms with Crippen LogP contribution in [0.15, 0.2) is 0 Å². The molecule has 190 valence electrons. The Hall–Kier alpha value is -1.79. The molecule has 33 heavy (non-hydrogen) atoms. The number of ether oxygens (including phenoxy) is 3. The summed E-state index contributed by atoms with van der Waals surface area (Å²) in [6.45, 7) is 7.06. The van der Waals surface area contributed by atoms with Crippen LogP contribution in [-0.2, 0) is 19.0 Å². The monoisotopic (exact) mass is 475 g/mol. The summed E-state index contributed by atoms with van der Waals surface area (Å²) in [6.07, 6.45) is -7.32. The summed E-state index contributed by atoms with van der Waals surface area (Å²) in [5, 5.41) is 40.1. The Morgan fingerprint density at radius 2 is 1.79 bits per heavy atom. The molecule has 1 saturated carbocycles. The van der Waals surface area contributed by atoms with Crippen molar-refractivity contribution in [2.75, 3.05) is 6.61 Å². The first-order valence-corrected chi connectivity index (χ1v) is 11.6. The van der Waals surface area contributed by atoms with Crippen molar-refractivity contribution in [1.82, 2.24) is 4.90 Å². The highest BCUT2D eigenvalue weighted by Crippen LogP contribution is 2.35. The van der Waals surface area contributed by atoms with Gasteiger partial charge in [0.15, 0.2) is 6.29 Å². The largest absolute Gasteiger partial charge is 0.517 e. The molecule has 1 aliphatic carbocycles. The number of hydrogen-bond donors (Lipinski definition) is 4. The zero-order valence-electron chi connectivity index (χ0n) is 19.6. The number of aliphatic hydroxyl groups is 4. The zero-order valence-corrected chi connectivity index (χ0v) is 19.6. The Balaban J connectivity index is 2.17. The molecule has 11 heteroatoms. The van der Waals surface area contributed by atoms with E-state index in [4.69, 9.17) is 14.2 Å². The SMILES string of the molecule is CCCC(=O)N(C(=O)OC(=O)O[C@@H]1C[C@H](C)CC[C@H]1C(C)C)[C@H]1C(O)O[C@H](CO)[C@@H](O)[C@@H]1O. The van der Waals surface area contributed by atoms with Crippen LogP contribution in [0.3, 0.4) is 0 Å². The second-order valence-corrected chi connectivity index (χ2v) is 9.33. The van der Waals surface area contributed by atoms with Gasteiger partial charge in [0.2, 0.25) is 5.91 Å². The number of hydrogen-bond acceptors (Lipinski definition) is 10. The third-order valence-corrected chi connectivity index (χ3v) is 6.47. The van der Waals surface area contributed by atoms with Crippen molar-refractivity contribution in [3.8, 4) is 0 Å². The second-order valence-electron chi connectivity index (χ2n) is 9.33. The van der Waals surface area contributed by atoms with E-state index in [1.165, 1.54) is 0 Å². The summed E-state index contributed by atoms with van der Waals surface area (Å²) in [4.78, 5) is 38.3. The van der Waals surface area contributed by atoms with Crippen LogP contribution >= 0.6 is 0 Å². The van der Waals surface area contributed by atoms with Crippen molar-refractivity contribution < 1.29 is 49.0 Å². The molecule has 0 bridgehead atoms. The summed E-state index contributed by atoms with van der Waals surface area (Å²) in [5.74, 6) is -0.160. The van der Waals surface area contributed by atoms with E-state index in [0.29, 0.717) is 23.7 Å². The van der Waals surface area contributed by atoms with Gasteiger partial charge >= 0.3 is 12.2 Å². The van der Waals surface area contributed by atoms with Crippen molar-refractivity contribution >= 4 is 18.2 Å². The number of rotatable bonds is 6. The Morgan fingerprint density at radius 3 is 2.36 bits per heavy atom. The fourth-order valence-electron chi connectivity index (χ4n) is 4.60. The lowest BCUT2D eigenvalue weighted by molar-refractivity contribution is -0.267. The standard InChI is InChI=1S/C22H37NO10/c1-5-6-16(25)23(17-19(27)18(26)15(10-24)31-20(17)28)21(29)33-22(30)32-14-9-12(4)7-8-13(14)11(2)3/h11-15,17-20,24,26-28H,5-10H2,1-4H3/t12-,13+,14-,15-,17-,18-,19-,20?/m1/s1. The number of amides is 2. The van der Waals surface area contributed by atoms with Crippen molar-refractivity contribution in [2.24, 2.45) is 17.8 Å². The van der Waals surface area contributed by atoms with Crippen molar-refractivity contribution in [1.29, 1.82) is 0 Å². The van der Waals surface area contributed by atoms with Crippen LogP contribution in [0, 0.1) is 17.8 Å². The second kappa shape index (κ2) is 12.1. The fourth-order valence-corrected chi connectivity index (χ4v) is 4.60. The van der Waals surface area contributed by atoms with Crippen LogP contribution in [0.5, 0.6) is 0 Å². The van der Waals surface area contributed by atoms with E-state index in [9.17, 15) is 34.8 Å². The maximum atomic E-state index is 12.8. The zero-order chi connectivity index (χ0) is 24.9. The van der Waals surface area contributed by atoms with Crippen LogP contribution < -0.4 is 0 Å². The normalized spacial score (nSPS) is 34.6. The lowest BCUT2D eigenvalue weighted by atomic mass is 9.75. The van der Waals surface area contributed by atoms with E-state index in [1.807, 2.05) is 20.8 Å². The van der Waals surface area contributed by atoms with E-state index in [0.717, 1.165) is 12.8 Å². The summed E-state index contributed by atoms with van der Waals surface area (Å²) in [7, 11) is 0. The van der Waals surface area contributed by atoms with Crippen LogP contribution in [0.25, 0.3) is 0 Å². The molecule has 1 unspecified atom stereocenters. The highest BCUT2D eigenvalue weighted by atomic mass is 16.8. The predicted molar refractivity (Wildman–Crippen MR) is 114 cm³/mol. The van der Waals surface area contributed by atoms with Gasteiger partial charge in [-0.15, -0.1) is 0 Å². The Kier molecular flexibility index (Phi) is 10.0. The molecular weight excluding hydrogens is 438 g/mol. The van der Waals surface area contributed by atoms with Gasteiger partial charge in [-0.2, -0.15) is 0 Å². The first-order chi connectivity index (χ1) is 15.5. The highest BCUT2D eigenvalue weighted by molar-refractivity contribution is 5.95. The van der Waals surface area contributed by atoms with Crippen molar-refractivity contribution in [3.63, 3.8) is 0 Å². The molecule has 0 aromatic heterocycles. The van der Waals surface area contributed by atoms with Gasteiger partial charge in [-0.1, -0.05) is 34.1 Å². The van der Waals surface area contributed by atoms with Crippen molar-refractivity contribution in [3.05, 3.63) is 0 Å². The molecule has 0 aromatic carbocycles. The number of carbonyl (C=O) groups is 3. The summed E-state index contributed by atoms with van der Waals surface area (Å²) >= 11 is 0. The van der Waals surface area contributed by atoms with E-state index in [-0.39, 0.29) is 18.3 Å². The van der Waals surface area contributed by atoms with E-state index < -0.39 is 61.5 Å². The van der Waals surface area contributed by atoms with E-state index in [2.05, 4.69) is 0 Å². The van der Waals surface area contributed by atoms with Gasteiger partial charge in [-0.25, -0.2) is 14.5 Å². The third-order valence-electron chi connectivity index (χ3n) is 6.47. The van der Waals surface area contributed by atoms with Crippen LogP contribution in [-0.4, -0.2) is 86.8 Å². The maximum Gasteiger partial charge on any atom is 0.517 e. The molecule has 0 radical (unpaired) electrons. The van der Waals surface area contributed by atoms with Gasteiger partial charge in [-0.3, -0.25) is 4.79 Å². The molecule has 1 aliphatic heterocycles. The smallest absolute Gasteiger partial charge is 0.430 e. The molecule has 0 aromatic rings. The number of carbonyl (C=O) groups excluding carboxylic acids is 3. The Labute approximate surface area is 193 Å². The molecule has 4 N–H and O–H groups in total. The molecule has 1 heterocycles. The molecule has 2 rings (SSSR count). The minimum absolute atomic E-state index is 0.0997.